The Kier molecular flexibility index (Phi) is 7.44. The van der Waals surface area contributed by atoms with E-state index in [1.807, 2.05) is 60.7 Å². The van der Waals surface area contributed by atoms with Crippen LogP contribution in [0.3, 0.4) is 0 Å². The summed E-state index contributed by atoms with van der Waals surface area (Å²) in [4.78, 5) is 27.0. The van der Waals surface area contributed by atoms with Gasteiger partial charge in [-0.25, -0.2) is 8.42 Å². The molecule has 0 saturated carbocycles. The van der Waals surface area contributed by atoms with Crippen molar-refractivity contribution in [3.63, 3.8) is 0 Å². The van der Waals surface area contributed by atoms with Crippen molar-refractivity contribution in [1.82, 2.24) is 14.5 Å². The van der Waals surface area contributed by atoms with Gasteiger partial charge >= 0.3 is 0 Å². The van der Waals surface area contributed by atoms with Gasteiger partial charge in [-0.3, -0.25) is 9.59 Å². The molecule has 0 unspecified atom stereocenters. The summed E-state index contributed by atoms with van der Waals surface area (Å²) in [7, 11) is -3.58. The third kappa shape index (κ3) is 5.55. The number of hydrogen-bond donors (Lipinski definition) is 1. The number of benzene rings is 2. The molecule has 2 aromatic carbocycles. The third-order valence-electron chi connectivity index (χ3n) is 5.84. The summed E-state index contributed by atoms with van der Waals surface area (Å²) in [5, 5.41) is 2.80. The maximum atomic E-state index is 13.1. The van der Waals surface area contributed by atoms with Gasteiger partial charge in [0, 0.05) is 32.7 Å². The minimum atomic E-state index is -3.58. The summed E-state index contributed by atoms with van der Waals surface area (Å²) in [5.41, 5.74) is 1.68. The number of nitrogens with zero attached hydrogens (tertiary/aromatic N) is 2. The lowest BCUT2D eigenvalue weighted by molar-refractivity contribution is -0.121. The van der Waals surface area contributed by atoms with Gasteiger partial charge in [-0.05, 0) is 23.3 Å². The molecule has 178 valence electrons. The first-order chi connectivity index (χ1) is 16.5. The highest BCUT2D eigenvalue weighted by molar-refractivity contribution is 7.89. The number of piperazine rings is 1. The Balaban J connectivity index is 1.33. The minimum absolute atomic E-state index is 0.00285. The molecule has 4 rings (SSSR count). The second kappa shape index (κ2) is 10.7. The number of sulfonamides is 1. The molecule has 0 aliphatic carbocycles. The van der Waals surface area contributed by atoms with Gasteiger partial charge in [-0.1, -0.05) is 60.7 Å². The zero-order valence-electron chi connectivity index (χ0n) is 18.7. The standard InChI is InChI=1S/C25H27N3O5S/c29-24(23(20-8-3-1-4-9-20)21-10-5-2-6-11-21)26-13-19-34(31,32)28-16-14-27(15-17-28)25(30)22-12-7-18-33-22/h1-12,18,23H,13-17,19H2,(H,26,29). The fourth-order valence-corrected chi connectivity index (χ4v) is 5.38. The van der Waals surface area contributed by atoms with Crippen LogP contribution in [0.5, 0.6) is 0 Å². The smallest absolute Gasteiger partial charge is 0.289 e. The fourth-order valence-electron chi connectivity index (χ4n) is 4.05. The van der Waals surface area contributed by atoms with Crippen molar-refractivity contribution in [3.05, 3.63) is 95.9 Å². The number of carbonyl (C=O) groups excluding carboxylic acids is 2. The number of amides is 2. The molecule has 1 N–H and O–H groups in total. The lowest BCUT2D eigenvalue weighted by Crippen LogP contribution is -2.51. The van der Waals surface area contributed by atoms with Crippen molar-refractivity contribution < 1.29 is 22.4 Å². The normalized spacial score (nSPS) is 14.8. The van der Waals surface area contributed by atoms with E-state index in [9.17, 15) is 18.0 Å². The van der Waals surface area contributed by atoms with E-state index in [4.69, 9.17) is 4.42 Å². The summed E-state index contributed by atoms with van der Waals surface area (Å²) in [6.07, 6.45) is 1.43. The van der Waals surface area contributed by atoms with Crippen LogP contribution >= 0.6 is 0 Å². The largest absolute Gasteiger partial charge is 0.459 e. The summed E-state index contributed by atoms with van der Waals surface area (Å²) < 4.78 is 32.2. The van der Waals surface area contributed by atoms with E-state index in [1.54, 1.807) is 17.0 Å². The summed E-state index contributed by atoms with van der Waals surface area (Å²) in [6, 6.07) is 22.0. The topological polar surface area (TPSA) is 99.9 Å². The lowest BCUT2D eigenvalue weighted by atomic mass is 9.90. The van der Waals surface area contributed by atoms with Gasteiger partial charge in [-0.15, -0.1) is 0 Å². The molecule has 0 radical (unpaired) electrons. The first-order valence-electron chi connectivity index (χ1n) is 11.1. The van der Waals surface area contributed by atoms with Gasteiger partial charge in [0.25, 0.3) is 5.91 Å². The summed E-state index contributed by atoms with van der Waals surface area (Å²) in [6.45, 7) is 0.992. The molecule has 8 nitrogen and oxygen atoms in total. The maximum absolute atomic E-state index is 13.1. The number of rotatable bonds is 8. The number of carbonyl (C=O) groups is 2. The molecule has 0 atom stereocenters. The quantitative estimate of drug-likeness (QED) is 0.532. The molecule has 0 bridgehead atoms. The Hall–Kier alpha value is -3.43. The fraction of sp³-hybridized carbons (Fsp3) is 0.280. The molecule has 1 aromatic heterocycles. The molecular formula is C25H27N3O5S. The van der Waals surface area contributed by atoms with E-state index in [0.29, 0.717) is 0 Å². The molecule has 3 aromatic rings. The van der Waals surface area contributed by atoms with Crippen LogP contribution in [0.25, 0.3) is 0 Å². The van der Waals surface area contributed by atoms with Crippen LogP contribution in [0, 0.1) is 0 Å². The van der Waals surface area contributed by atoms with E-state index in [1.165, 1.54) is 10.6 Å². The zero-order chi connectivity index (χ0) is 24.0. The molecule has 2 amide bonds. The van der Waals surface area contributed by atoms with Gasteiger partial charge in [0.05, 0.1) is 17.9 Å². The van der Waals surface area contributed by atoms with E-state index in [-0.39, 0.29) is 56.1 Å². The van der Waals surface area contributed by atoms with Crippen LogP contribution in [-0.2, 0) is 14.8 Å². The highest BCUT2D eigenvalue weighted by Crippen LogP contribution is 2.24. The van der Waals surface area contributed by atoms with Crippen LogP contribution < -0.4 is 5.32 Å². The molecule has 9 heteroatoms. The Morgan fingerprint density at radius 1 is 0.853 bits per heavy atom. The van der Waals surface area contributed by atoms with Crippen molar-refractivity contribution in [3.8, 4) is 0 Å². The van der Waals surface area contributed by atoms with Gasteiger partial charge in [0.1, 0.15) is 0 Å². The SMILES string of the molecule is O=C(NCCS(=O)(=O)N1CCN(C(=O)c2ccco2)CC1)C(c1ccccc1)c1ccccc1. The lowest BCUT2D eigenvalue weighted by Gasteiger charge is -2.33. The predicted octanol–water partition coefficient (Wildman–Crippen LogP) is 2.32. The third-order valence-corrected chi connectivity index (χ3v) is 7.71. The molecule has 34 heavy (non-hydrogen) atoms. The van der Waals surface area contributed by atoms with Crippen molar-refractivity contribution in [1.29, 1.82) is 0 Å². The van der Waals surface area contributed by atoms with Crippen LogP contribution in [0.2, 0.25) is 0 Å². The molecule has 1 aliphatic rings. The van der Waals surface area contributed by atoms with Gasteiger partial charge in [-0.2, -0.15) is 4.31 Å². The Morgan fingerprint density at radius 2 is 1.44 bits per heavy atom. The van der Waals surface area contributed by atoms with Crippen LogP contribution in [-0.4, -0.2) is 67.9 Å². The van der Waals surface area contributed by atoms with E-state index in [0.717, 1.165) is 11.1 Å². The van der Waals surface area contributed by atoms with E-state index in [2.05, 4.69) is 5.32 Å². The molecule has 1 fully saturated rings. The highest BCUT2D eigenvalue weighted by Gasteiger charge is 2.30. The number of nitrogens with one attached hydrogen (secondary N) is 1. The van der Waals surface area contributed by atoms with Crippen LogP contribution in [0.1, 0.15) is 27.6 Å². The Morgan fingerprint density at radius 3 is 1.97 bits per heavy atom. The minimum Gasteiger partial charge on any atom is -0.459 e. The van der Waals surface area contributed by atoms with Crippen molar-refractivity contribution >= 4 is 21.8 Å². The van der Waals surface area contributed by atoms with Crippen LogP contribution in [0.15, 0.2) is 83.5 Å². The van der Waals surface area contributed by atoms with Crippen molar-refractivity contribution in [2.24, 2.45) is 0 Å². The maximum Gasteiger partial charge on any atom is 0.289 e. The predicted molar refractivity (Wildman–Crippen MR) is 128 cm³/mol. The zero-order valence-corrected chi connectivity index (χ0v) is 19.5. The van der Waals surface area contributed by atoms with Gasteiger partial charge in [0.2, 0.25) is 15.9 Å². The highest BCUT2D eigenvalue weighted by atomic mass is 32.2. The molecular weight excluding hydrogens is 454 g/mol. The van der Waals surface area contributed by atoms with Gasteiger partial charge < -0.3 is 14.6 Å². The average molecular weight is 482 g/mol. The van der Waals surface area contributed by atoms with E-state index < -0.39 is 15.9 Å². The van der Waals surface area contributed by atoms with Crippen molar-refractivity contribution in [2.45, 2.75) is 5.92 Å². The van der Waals surface area contributed by atoms with Crippen LogP contribution in [0.4, 0.5) is 0 Å². The van der Waals surface area contributed by atoms with Gasteiger partial charge in [0.15, 0.2) is 5.76 Å². The second-order valence-corrected chi connectivity index (χ2v) is 10.1. The summed E-state index contributed by atoms with van der Waals surface area (Å²) >= 11 is 0. The molecule has 2 heterocycles. The van der Waals surface area contributed by atoms with Crippen molar-refractivity contribution in [2.75, 3.05) is 38.5 Å². The molecule has 1 aliphatic heterocycles. The summed E-state index contributed by atoms with van der Waals surface area (Å²) in [5.74, 6) is -0.989. The Bertz CT molecular complexity index is 1150. The number of hydrogen-bond acceptors (Lipinski definition) is 5. The average Bonchev–Trinajstić information content (AvgIpc) is 3.40. The van der Waals surface area contributed by atoms with E-state index >= 15 is 0 Å². The first kappa shape index (κ1) is 23.7. The second-order valence-electron chi connectivity index (χ2n) is 8.03. The Labute approximate surface area is 199 Å². The number of furan rings is 1. The monoisotopic (exact) mass is 481 g/mol. The molecule has 0 spiro atoms. The molecule has 1 saturated heterocycles. The first-order valence-corrected chi connectivity index (χ1v) is 12.7.